The van der Waals surface area contributed by atoms with E-state index in [1.807, 2.05) is 12.1 Å². The number of pyridine rings is 1. The third-order valence-corrected chi connectivity index (χ3v) is 2.86. The minimum atomic E-state index is 0.467. The van der Waals surface area contributed by atoms with Gasteiger partial charge in [0.2, 0.25) is 0 Å². The summed E-state index contributed by atoms with van der Waals surface area (Å²) < 4.78 is 5.12. The monoisotopic (exact) mass is 229 g/mol. The Hall–Kier alpha value is -1.86. The third kappa shape index (κ3) is 2.83. The zero-order valence-corrected chi connectivity index (χ0v) is 9.89. The molecule has 0 aliphatic carbocycles. The Labute approximate surface area is 101 Å². The summed E-state index contributed by atoms with van der Waals surface area (Å²) in [7, 11) is 1.72. The second kappa shape index (κ2) is 5.46. The molecular weight excluding hydrogens is 214 g/mol. The molecule has 0 fully saturated rings. The zero-order valence-electron chi connectivity index (χ0n) is 9.89. The van der Waals surface area contributed by atoms with Gasteiger partial charge in [-0.2, -0.15) is 5.26 Å². The van der Waals surface area contributed by atoms with Gasteiger partial charge in [0, 0.05) is 32.1 Å². The first-order chi connectivity index (χ1) is 8.33. The molecule has 1 aliphatic heterocycles. The van der Waals surface area contributed by atoms with Gasteiger partial charge in [0.1, 0.15) is 11.8 Å². The average molecular weight is 229 g/mol. The highest BCUT2D eigenvalue weighted by atomic mass is 16.5. The lowest BCUT2D eigenvalue weighted by Gasteiger charge is -2.28. The second-order valence-corrected chi connectivity index (χ2v) is 4.00. The van der Waals surface area contributed by atoms with Gasteiger partial charge in [0.05, 0.1) is 6.61 Å². The van der Waals surface area contributed by atoms with Crippen molar-refractivity contribution < 1.29 is 4.74 Å². The summed E-state index contributed by atoms with van der Waals surface area (Å²) in [5.41, 5.74) is 2.87. The average Bonchev–Trinajstić information content (AvgIpc) is 2.40. The van der Waals surface area contributed by atoms with E-state index in [1.54, 1.807) is 13.3 Å². The first-order valence-corrected chi connectivity index (χ1v) is 5.61. The Bertz CT molecular complexity index is 462. The molecule has 0 aromatic carbocycles. The standard InChI is InChI=1S/C13H15N3O/c1-17-10-11-3-6-16(7-4-11)13-2-5-15-12(8-13)9-14/h2-3,5,8H,4,6-7,10H2,1H3. The quantitative estimate of drug-likeness (QED) is 0.741. The molecule has 1 aromatic heterocycles. The highest BCUT2D eigenvalue weighted by Gasteiger charge is 2.12. The van der Waals surface area contributed by atoms with E-state index in [-0.39, 0.29) is 0 Å². The molecule has 0 bridgehead atoms. The number of anilines is 1. The van der Waals surface area contributed by atoms with Crippen molar-refractivity contribution in [3.63, 3.8) is 0 Å². The molecule has 2 heterocycles. The Kier molecular flexibility index (Phi) is 3.73. The van der Waals surface area contributed by atoms with Crippen LogP contribution < -0.4 is 4.90 Å². The summed E-state index contributed by atoms with van der Waals surface area (Å²) in [5.74, 6) is 0. The van der Waals surface area contributed by atoms with Crippen molar-refractivity contribution in [2.24, 2.45) is 0 Å². The SMILES string of the molecule is COCC1=CCN(c2ccnc(C#N)c2)CC1. The van der Waals surface area contributed by atoms with Gasteiger partial charge in [-0.05, 0) is 24.1 Å². The normalized spacial score (nSPS) is 15.3. The molecule has 88 valence electrons. The minimum Gasteiger partial charge on any atom is -0.380 e. The van der Waals surface area contributed by atoms with E-state index < -0.39 is 0 Å². The lowest BCUT2D eigenvalue weighted by molar-refractivity contribution is 0.222. The molecule has 0 spiro atoms. The highest BCUT2D eigenvalue weighted by Crippen LogP contribution is 2.19. The molecule has 4 heteroatoms. The predicted octanol–water partition coefficient (Wildman–Crippen LogP) is 1.74. The van der Waals surface area contributed by atoms with Crippen molar-refractivity contribution in [1.29, 1.82) is 5.26 Å². The lowest BCUT2D eigenvalue weighted by Crippen LogP contribution is -2.29. The van der Waals surface area contributed by atoms with Gasteiger partial charge >= 0.3 is 0 Å². The molecule has 1 aliphatic rings. The molecule has 0 amide bonds. The first kappa shape index (κ1) is 11.6. The number of methoxy groups -OCH3 is 1. The van der Waals surface area contributed by atoms with Crippen LogP contribution >= 0.6 is 0 Å². The van der Waals surface area contributed by atoms with Crippen LogP contribution in [-0.2, 0) is 4.74 Å². The van der Waals surface area contributed by atoms with Crippen molar-refractivity contribution in [2.45, 2.75) is 6.42 Å². The zero-order chi connectivity index (χ0) is 12.1. The molecule has 0 saturated heterocycles. The maximum atomic E-state index is 8.81. The predicted molar refractivity (Wildman–Crippen MR) is 65.7 cm³/mol. The van der Waals surface area contributed by atoms with Gasteiger partial charge in [0.25, 0.3) is 0 Å². The van der Waals surface area contributed by atoms with Crippen molar-refractivity contribution >= 4 is 5.69 Å². The number of aromatic nitrogens is 1. The fraction of sp³-hybridized carbons (Fsp3) is 0.385. The van der Waals surface area contributed by atoms with E-state index in [0.29, 0.717) is 12.3 Å². The van der Waals surface area contributed by atoms with Gasteiger partial charge in [-0.1, -0.05) is 6.08 Å². The third-order valence-electron chi connectivity index (χ3n) is 2.86. The molecule has 0 atom stereocenters. The van der Waals surface area contributed by atoms with Crippen LogP contribution in [-0.4, -0.2) is 31.8 Å². The second-order valence-electron chi connectivity index (χ2n) is 4.00. The summed E-state index contributed by atoms with van der Waals surface area (Å²) in [6.07, 6.45) is 4.89. The summed E-state index contributed by atoms with van der Waals surface area (Å²) in [5, 5.41) is 8.81. The fourth-order valence-corrected chi connectivity index (χ4v) is 1.94. The maximum Gasteiger partial charge on any atom is 0.142 e. The molecule has 0 radical (unpaired) electrons. The van der Waals surface area contributed by atoms with Gasteiger partial charge in [-0.25, -0.2) is 4.98 Å². The van der Waals surface area contributed by atoms with Crippen molar-refractivity contribution in [1.82, 2.24) is 4.98 Å². The van der Waals surface area contributed by atoms with Crippen LogP contribution in [0.25, 0.3) is 0 Å². The molecule has 0 saturated carbocycles. The van der Waals surface area contributed by atoms with E-state index in [9.17, 15) is 0 Å². The van der Waals surface area contributed by atoms with Crippen molar-refractivity contribution in [2.75, 3.05) is 31.7 Å². The Morgan fingerprint density at radius 2 is 2.47 bits per heavy atom. The Morgan fingerprint density at radius 1 is 1.59 bits per heavy atom. The van der Waals surface area contributed by atoms with Crippen LogP contribution in [0.3, 0.4) is 0 Å². The van der Waals surface area contributed by atoms with Gasteiger partial charge < -0.3 is 9.64 Å². The number of rotatable bonds is 3. The Balaban J connectivity index is 2.08. The largest absolute Gasteiger partial charge is 0.380 e. The summed E-state index contributed by atoms with van der Waals surface area (Å²) in [4.78, 5) is 6.21. The summed E-state index contributed by atoms with van der Waals surface area (Å²) in [6.45, 7) is 2.55. The van der Waals surface area contributed by atoms with E-state index >= 15 is 0 Å². The van der Waals surface area contributed by atoms with Crippen LogP contribution in [0.2, 0.25) is 0 Å². The lowest BCUT2D eigenvalue weighted by atomic mass is 10.1. The fourth-order valence-electron chi connectivity index (χ4n) is 1.94. The number of nitrogens with zero attached hydrogens (tertiary/aromatic N) is 3. The van der Waals surface area contributed by atoms with Gasteiger partial charge in [0.15, 0.2) is 0 Å². The molecule has 1 aromatic rings. The highest BCUT2D eigenvalue weighted by molar-refractivity contribution is 5.50. The maximum absolute atomic E-state index is 8.81. The van der Waals surface area contributed by atoms with Crippen LogP contribution in [0.5, 0.6) is 0 Å². The summed E-state index contributed by atoms with van der Waals surface area (Å²) >= 11 is 0. The number of ether oxygens (including phenoxy) is 1. The van der Waals surface area contributed by atoms with Gasteiger partial charge in [-0.3, -0.25) is 0 Å². The van der Waals surface area contributed by atoms with Crippen molar-refractivity contribution in [3.05, 3.63) is 35.7 Å². The van der Waals surface area contributed by atoms with E-state index in [1.165, 1.54) is 5.57 Å². The van der Waals surface area contributed by atoms with Crippen molar-refractivity contribution in [3.8, 4) is 6.07 Å². The van der Waals surface area contributed by atoms with E-state index in [0.717, 1.165) is 25.2 Å². The molecule has 4 nitrogen and oxygen atoms in total. The topological polar surface area (TPSA) is 49.1 Å². The Morgan fingerprint density at radius 3 is 3.12 bits per heavy atom. The number of nitriles is 1. The first-order valence-electron chi connectivity index (χ1n) is 5.61. The molecule has 17 heavy (non-hydrogen) atoms. The van der Waals surface area contributed by atoms with Gasteiger partial charge in [-0.15, -0.1) is 0 Å². The van der Waals surface area contributed by atoms with E-state index in [2.05, 4.69) is 22.0 Å². The van der Waals surface area contributed by atoms with Crippen LogP contribution in [0.15, 0.2) is 30.0 Å². The summed E-state index contributed by atoms with van der Waals surface area (Å²) in [6, 6.07) is 5.83. The smallest absolute Gasteiger partial charge is 0.142 e. The number of hydrogen-bond acceptors (Lipinski definition) is 4. The molecule has 2 rings (SSSR count). The molecule has 0 N–H and O–H groups in total. The molecule has 0 unspecified atom stereocenters. The van der Waals surface area contributed by atoms with Crippen LogP contribution in [0.4, 0.5) is 5.69 Å². The van der Waals surface area contributed by atoms with Crippen LogP contribution in [0, 0.1) is 11.3 Å². The van der Waals surface area contributed by atoms with Crippen LogP contribution in [0.1, 0.15) is 12.1 Å². The minimum absolute atomic E-state index is 0.467. The van der Waals surface area contributed by atoms with E-state index in [4.69, 9.17) is 10.00 Å². The molecular formula is C13H15N3O. The number of hydrogen-bond donors (Lipinski definition) is 0.